The molecule has 2 heteroatoms. The number of nitrogens with one attached hydrogen (secondary N) is 1. The zero-order valence-electron chi connectivity index (χ0n) is 9.33. The Balaban J connectivity index is 0.00000112. The first-order valence-electron chi connectivity index (χ1n) is 5.62. The molecule has 2 rings (SSSR count). The van der Waals surface area contributed by atoms with Crippen LogP contribution in [0.5, 0.6) is 0 Å². The first-order valence-corrected chi connectivity index (χ1v) is 5.62. The van der Waals surface area contributed by atoms with Gasteiger partial charge in [0, 0.05) is 5.54 Å². The van der Waals surface area contributed by atoms with Crippen molar-refractivity contribution in [2.75, 3.05) is 7.05 Å². The predicted molar refractivity (Wildman–Crippen MR) is 67.5 cm³/mol. The van der Waals surface area contributed by atoms with Gasteiger partial charge in [-0.15, -0.1) is 12.4 Å². The number of hydrogen-bond acceptors (Lipinski definition) is 1. The Morgan fingerprint density at radius 1 is 1.00 bits per heavy atom. The molecule has 84 valence electrons. The quantitative estimate of drug-likeness (QED) is 0.813. The van der Waals surface area contributed by atoms with E-state index in [0.717, 1.165) is 0 Å². The molecule has 0 atom stereocenters. The lowest BCUT2D eigenvalue weighted by molar-refractivity contribution is 0.250. The van der Waals surface area contributed by atoms with Crippen LogP contribution < -0.4 is 5.32 Å². The maximum absolute atomic E-state index is 3.53. The standard InChI is InChI=1S/C13H19N.ClH/c1-14-13(10-6-3-7-11-13)12-8-4-2-5-9-12;/h2,4-5,8-9,14H,3,6-7,10-11H2,1H3;1H. The summed E-state index contributed by atoms with van der Waals surface area (Å²) in [6, 6.07) is 10.9. The van der Waals surface area contributed by atoms with Gasteiger partial charge in [-0.25, -0.2) is 0 Å². The topological polar surface area (TPSA) is 12.0 Å². The molecule has 1 nitrogen and oxygen atoms in total. The van der Waals surface area contributed by atoms with Gasteiger partial charge < -0.3 is 5.32 Å². The average molecular weight is 226 g/mol. The molecule has 0 heterocycles. The van der Waals surface area contributed by atoms with Crippen molar-refractivity contribution >= 4 is 12.4 Å². The van der Waals surface area contributed by atoms with Gasteiger partial charge in [-0.2, -0.15) is 0 Å². The lowest BCUT2D eigenvalue weighted by Gasteiger charge is -2.37. The zero-order chi connectivity index (χ0) is 9.86. The molecule has 1 aromatic rings. The van der Waals surface area contributed by atoms with Crippen molar-refractivity contribution in [1.29, 1.82) is 0 Å². The summed E-state index contributed by atoms with van der Waals surface area (Å²) in [6.45, 7) is 0. The van der Waals surface area contributed by atoms with Gasteiger partial charge in [-0.1, -0.05) is 49.6 Å². The van der Waals surface area contributed by atoms with E-state index in [-0.39, 0.29) is 17.9 Å². The maximum atomic E-state index is 3.53. The van der Waals surface area contributed by atoms with E-state index in [0.29, 0.717) is 0 Å². The summed E-state index contributed by atoms with van der Waals surface area (Å²) < 4.78 is 0. The van der Waals surface area contributed by atoms with Gasteiger partial charge in [0.15, 0.2) is 0 Å². The minimum atomic E-state index is 0. The van der Waals surface area contributed by atoms with Crippen molar-refractivity contribution in [3.05, 3.63) is 35.9 Å². The highest BCUT2D eigenvalue weighted by molar-refractivity contribution is 5.85. The van der Waals surface area contributed by atoms with Crippen LogP contribution in [0.25, 0.3) is 0 Å². The molecular formula is C13H20ClN. The first kappa shape index (κ1) is 12.5. The van der Waals surface area contributed by atoms with Crippen molar-refractivity contribution in [2.45, 2.75) is 37.6 Å². The van der Waals surface area contributed by atoms with Gasteiger partial charge in [0.1, 0.15) is 0 Å². The third-order valence-electron chi connectivity index (χ3n) is 3.51. The molecule has 1 aliphatic carbocycles. The molecule has 0 unspecified atom stereocenters. The minimum Gasteiger partial charge on any atom is -0.310 e. The highest BCUT2D eigenvalue weighted by Crippen LogP contribution is 2.36. The van der Waals surface area contributed by atoms with Crippen molar-refractivity contribution in [3.8, 4) is 0 Å². The van der Waals surface area contributed by atoms with E-state index < -0.39 is 0 Å². The Labute approximate surface area is 98.7 Å². The second-order valence-corrected chi connectivity index (χ2v) is 4.26. The lowest BCUT2D eigenvalue weighted by atomic mass is 9.77. The Bertz CT molecular complexity index is 278. The van der Waals surface area contributed by atoms with Gasteiger partial charge in [-0.3, -0.25) is 0 Å². The fraction of sp³-hybridized carbons (Fsp3) is 0.538. The second-order valence-electron chi connectivity index (χ2n) is 4.26. The van der Waals surface area contributed by atoms with Gasteiger partial charge in [0.05, 0.1) is 0 Å². The Morgan fingerprint density at radius 3 is 2.13 bits per heavy atom. The maximum Gasteiger partial charge on any atom is 0.0432 e. The molecular weight excluding hydrogens is 206 g/mol. The molecule has 0 radical (unpaired) electrons. The summed E-state index contributed by atoms with van der Waals surface area (Å²) in [4.78, 5) is 0. The largest absolute Gasteiger partial charge is 0.310 e. The summed E-state index contributed by atoms with van der Waals surface area (Å²) in [5, 5.41) is 3.53. The van der Waals surface area contributed by atoms with Crippen molar-refractivity contribution in [1.82, 2.24) is 5.32 Å². The minimum absolute atomic E-state index is 0. The van der Waals surface area contributed by atoms with Crippen LogP contribution in [-0.4, -0.2) is 7.05 Å². The molecule has 1 N–H and O–H groups in total. The summed E-state index contributed by atoms with van der Waals surface area (Å²) in [6.07, 6.45) is 6.68. The summed E-state index contributed by atoms with van der Waals surface area (Å²) in [5.74, 6) is 0. The average Bonchev–Trinajstić information content (AvgIpc) is 2.31. The number of halogens is 1. The van der Waals surface area contributed by atoms with Crippen LogP contribution >= 0.6 is 12.4 Å². The van der Waals surface area contributed by atoms with E-state index in [4.69, 9.17) is 0 Å². The van der Waals surface area contributed by atoms with E-state index >= 15 is 0 Å². The van der Waals surface area contributed by atoms with Crippen LogP contribution in [0, 0.1) is 0 Å². The Kier molecular flexibility index (Phi) is 4.62. The zero-order valence-corrected chi connectivity index (χ0v) is 10.1. The van der Waals surface area contributed by atoms with Crippen molar-refractivity contribution in [3.63, 3.8) is 0 Å². The van der Waals surface area contributed by atoms with Crippen molar-refractivity contribution in [2.24, 2.45) is 0 Å². The highest BCUT2D eigenvalue weighted by atomic mass is 35.5. The summed E-state index contributed by atoms with van der Waals surface area (Å²) >= 11 is 0. The smallest absolute Gasteiger partial charge is 0.0432 e. The van der Waals surface area contributed by atoms with Gasteiger partial charge in [-0.05, 0) is 25.5 Å². The van der Waals surface area contributed by atoms with Gasteiger partial charge in [0.25, 0.3) is 0 Å². The SMILES string of the molecule is CNC1(c2ccccc2)CCCCC1.Cl. The molecule has 15 heavy (non-hydrogen) atoms. The normalized spacial score (nSPS) is 19.3. The fourth-order valence-corrected chi connectivity index (χ4v) is 2.60. The number of benzene rings is 1. The van der Waals surface area contributed by atoms with Gasteiger partial charge in [0.2, 0.25) is 0 Å². The molecule has 1 aliphatic rings. The first-order chi connectivity index (χ1) is 6.87. The predicted octanol–water partition coefficient (Wildman–Crippen LogP) is 3.49. The van der Waals surface area contributed by atoms with Crippen LogP contribution in [-0.2, 0) is 5.54 Å². The molecule has 0 bridgehead atoms. The van der Waals surface area contributed by atoms with E-state index in [1.165, 1.54) is 37.7 Å². The van der Waals surface area contributed by atoms with E-state index in [1.807, 2.05) is 0 Å². The van der Waals surface area contributed by atoms with Crippen LogP contribution in [0.4, 0.5) is 0 Å². The number of hydrogen-bond donors (Lipinski definition) is 1. The molecule has 0 amide bonds. The molecule has 1 aromatic carbocycles. The third kappa shape index (κ3) is 2.53. The molecule has 1 fully saturated rings. The van der Waals surface area contributed by atoms with Crippen LogP contribution in [0.3, 0.4) is 0 Å². The van der Waals surface area contributed by atoms with E-state index in [2.05, 4.69) is 42.7 Å². The van der Waals surface area contributed by atoms with E-state index in [1.54, 1.807) is 0 Å². The summed E-state index contributed by atoms with van der Waals surface area (Å²) in [7, 11) is 2.10. The Hall–Kier alpha value is -0.530. The summed E-state index contributed by atoms with van der Waals surface area (Å²) in [5.41, 5.74) is 1.72. The third-order valence-corrected chi connectivity index (χ3v) is 3.51. The van der Waals surface area contributed by atoms with Crippen LogP contribution in [0.15, 0.2) is 30.3 Å². The van der Waals surface area contributed by atoms with Gasteiger partial charge >= 0.3 is 0 Å². The van der Waals surface area contributed by atoms with Crippen LogP contribution in [0.2, 0.25) is 0 Å². The molecule has 0 spiro atoms. The Morgan fingerprint density at radius 2 is 1.60 bits per heavy atom. The number of rotatable bonds is 2. The molecule has 0 saturated heterocycles. The molecule has 1 saturated carbocycles. The highest BCUT2D eigenvalue weighted by Gasteiger charge is 2.31. The second kappa shape index (κ2) is 5.53. The van der Waals surface area contributed by atoms with Crippen LogP contribution in [0.1, 0.15) is 37.7 Å². The monoisotopic (exact) mass is 225 g/mol. The lowest BCUT2D eigenvalue weighted by Crippen LogP contribution is -2.41. The fourth-order valence-electron chi connectivity index (χ4n) is 2.60. The van der Waals surface area contributed by atoms with E-state index in [9.17, 15) is 0 Å². The van der Waals surface area contributed by atoms with Crippen molar-refractivity contribution < 1.29 is 0 Å². The molecule has 0 aliphatic heterocycles. The molecule has 0 aromatic heterocycles.